The van der Waals surface area contributed by atoms with E-state index in [9.17, 15) is 4.79 Å². The first-order valence-electron chi connectivity index (χ1n) is 7.40. The molecule has 0 aliphatic rings. The van der Waals surface area contributed by atoms with Crippen molar-refractivity contribution in [1.82, 2.24) is 10.3 Å². The minimum atomic E-state index is 0.0118. The summed E-state index contributed by atoms with van der Waals surface area (Å²) < 4.78 is 5.44. The molecule has 0 bridgehead atoms. The number of amides is 1. The van der Waals surface area contributed by atoms with Gasteiger partial charge in [0.15, 0.2) is 0 Å². The van der Waals surface area contributed by atoms with Gasteiger partial charge in [-0.1, -0.05) is 17.7 Å². The summed E-state index contributed by atoms with van der Waals surface area (Å²) in [7, 11) is 0. The SMILES string of the molecule is CCOc1ncccc1CNC(=O)CCSc1ccc(Cl)cc1. The van der Waals surface area contributed by atoms with Crippen LogP contribution in [0.15, 0.2) is 47.5 Å². The predicted octanol–water partition coefficient (Wildman–Crippen LogP) is 3.93. The molecule has 0 saturated heterocycles. The maximum atomic E-state index is 11.9. The van der Waals surface area contributed by atoms with Gasteiger partial charge in [0.1, 0.15) is 0 Å². The quantitative estimate of drug-likeness (QED) is 0.733. The molecule has 0 saturated carbocycles. The zero-order chi connectivity index (χ0) is 16.5. The lowest BCUT2D eigenvalue weighted by molar-refractivity contribution is -0.120. The first-order valence-corrected chi connectivity index (χ1v) is 8.77. The second-order valence-corrected chi connectivity index (χ2v) is 6.33. The summed E-state index contributed by atoms with van der Waals surface area (Å²) in [4.78, 5) is 17.2. The third kappa shape index (κ3) is 6.12. The van der Waals surface area contributed by atoms with Gasteiger partial charge in [0.05, 0.1) is 6.61 Å². The van der Waals surface area contributed by atoms with Gasteiger partial charge >= 0.3 is 0 Å². The highest BCUT2D eigenvalue weighted by atomic mass is 35.5. The molecule has 1 amide bonds. The number of halogens is 1. The van der Waals surface area contributed by atoms with Crippen LogP contribution in [0.1, 0.15) is 18.9 Å². The van der Waals surface area contributed by atoms with E-state index < -0.39 is 0 Å². The van der Waals surface area contributed by atoms with Crippen molar-refractivity contribution in [3.05, 3.63) is 53.2 Å². The average molecular weight is 351 g/mol. The number of carbonyl (C=O) groups excluding carboxylic acids is 1. The fourth-order valence-corrected chi connectivity index (χ4v) is 2.88. The number of nitrogens with zero attached hydrogens (tertiary/aromatic N) is 1. The highest BCUT2D eigenvalue weighted by Crippen LogP contribution is 2.21. The van der Waals surface area contributed by atoms with Gasteiger partial charge in [-0.05, 0) is 37.3 Å². The molecule has 1 aromatic carbocycles. The van der Waals surface area contributed by atoms with Gasteiger partial charge in [0, 0.05) is 40.4 Å². The number of carbonyl (C=O) groups is 1. The van der Waals surface area contributed by atoms with Crippen molar-refractivity contribution >= 4 is 29.3 Å². The minimum Gasteiger partial charge on any atom is -0.478 e. The van der Waals surface area contributed by atoms with E-state index in [0.717, 1.165) is 16.2 Å². The average Bonchev–Trinajstić information content (AvgIpc) is 2.56. The van der Waals surface area contributed by atoms with Gasteiger partial charge in [0.25, 0.3) is 0 Å². The molecular weight excluding hydrogens is 332 g/mol. The van der Waals surface area contributed by atoms with Gasteiger partial charge in [-0.15, -0.1) is 11.8 Å². The molecule has 0 fully saturated rings. The summed E-state index contributed by atoms with van der Waals surface area (Å²) in [6.07, 6.45) is 2.14. The fraction of sp³-hybridized carbons (Fsp3) is 0.294. The second-order valence-electron chi connectivity index (χ2n) is 4.73. The van der Waals surface area contributed by atoms with E-state index in [-0.39, 0.29) is 5.91 Å². The normalized spacial score (nSPS) is 10.3. The lowest BCUT2D eigenvalue weighted by Crippen LogP contribution is -2.23. The minimum absolute atomic E-state index is 0.0118. The maximum Gasteiger partial charge on any atom is 0.221 e. The molecule has 1 heterocycles. The topological polar surface area (TPSA) is 51.2 Å². The molecule has 0 spiro atoms. The molecule has 0 aliphatic heterocycles. The van der Waals surface area contributed by atoms with E-state index in [1.807, 2.05) is 43.3 Å². The molecule has 0 radical (unpaired) electrons. The van der Waals surface area contributed by atoms with E-state index in [2.05, 4.69) is 10.3 Å². The van der Waals surface area contributed by atoms with Crippen LogP contribution in [0.5, 0.6) is 5.88 Å². The first kappa shape index (κ1) is 17.6. The van der Waals surface area contributed by atoms with Crippen LogP contribution in [0, 0.1) is 0 Å². The van der Waals surface area contributed by atoms with Crippen LogP contribution < -0.4 is 10.1 Å². The highest BCUT2D eigenvalue weighted by molar-refractivity contribution is 7.99. The number of nitrogens with one attached hydrogen (secondary N) is 1. The molecule has 0 aliphatic carbocycles. The zero-order valence-electron chi connectivity index (χ0n) is 12.9. The molecule has 0 unspecified atom stereocenters. The van der Waals surface area contributed by atoms with E-state index in [1.165, 1.54) is 0 Å². The van der Waals surface area contributed by atoms with Crippen molar-refractivity contribution < 1.29 is 9.53 Å². The smallest absolute Gasteiger partial charge is 0.221 e. The molecule has 23 heavy (non-hydrogen) atoms. The van der Waals surface area contributed by atoms with Crippen molar-refractivity contribution in [2.75, 3.05) is 12.4 Å². The van der Waals surface area contributed by atoms with Gasteiger partial charge in [-0.25, -0.2) is 4.98 Å². The molecule has 1 aromatic heterocycles. The van der Waals surface area contributed by atoms with Gasteiger partial charge in [-0.3, -0.25) is 4.79 Å². The molecule has 2 aromatic rings. The number of pyridine rings is 1. The highest BCUT2D eigenvalue weighted by Gasteiger charge is 2.07. The number of rotatable bonds is 8. The molecular formula is C17H19ClN2O2S. The number of aromatic nitrogens is 1. The Morgan fingerprint density at radius 1 is 1.30 bits per heavy atom. The number of hydrogen-bond donors (Lipinski definition) is 1. The summed E-state index contributed by atoms with van der Waals surface area (Å²) in [6.45, 7) is 2.88. The maximum absolute atomic E-state index is 11.9. The van der Waals surface area contributed by atoms with Crippen molar-refractivity contribution in [3.8, 4) is 5.88 Å². The molecule has 6 heteroatoms. The molecule has 122 valence electrons. The molecule has 4 nitrogen and oxygen atoms in total. The Morgan fingerprint density at radius 3 is 2.83 bits per heavy atom. The first-order chi connectivity index (χ1) is 11.2. The van der Waals surface area contributed by atoms with Crippen molar-refractivity contribution in [1.29, 1.82) is 0 Å². The third-order valence-electron chi connectivity index (χ3n) is 3.02. The Balaban J connectivity index is 1.74. The second kappa shape index (κ2) is 9.43. The van der Waals surface area contributed by atoms with Crippen LogP contribution in [0.25, 0.3) is 0 Å². The van der Waals surface area contributed by atoms with E-state index >= 15 is 0 Å². The van der Waals surface area contributed by atoms with Crippen LogP contribution in [-0.4, -0.2) is 23.3 Å². The van der Waals surface area contributed by atoms with Crippen LogP contribution in [0.2, 0.25) is 5.02 Å². The van der Waals surface area contributed by atoms with Gasteiger partial charge < -0.3 is 10.1 Å². The van der Waals surface area contributed by atoms with E-state index in [0.29, 0.717) is 30.5 Å². The van der Waals surface area contributed by atoms with Crippen LogP contribution in [0.4, 0.5) is 0 Å². The lowest BCUT2D eigenvalue weighted by atomic mass is 10.2. The zero-order valence-corrected chi connectivity index (χ0v) is 14.5. The summed E-state index contributed by atoms with van der Waals surface area (Å²) >= 11 is 7.48. The number of ether oxygens (including phenoxy) is 1. The van der Waals surface area contributed by atoms with Crippen LogP contribution in [-0.2, 0) is 11.3 Å². The predicted molar refractivity (Wildman–Crippen MR) is 94.0 cm³/mol. The Kier molecular flexibility index (Phi) is 7.23. The molecule has 1 N–H and O–H groups in total. The monoisotopic (exact) mass is 350 g/mol. The van der Waals surface area contributed by atoms with Gasteiger partial charge in [0.2, 0.25) is 11.8 Å². The third-order valence-corrected chi connectivity index (χ3v) is 4.28. The lowest BCUT2D eigenvalue weighted by Gasteiger charge is -2.09. The standard InChI is InChI=1S/C17H19ClN2O2S/c1-2-22-17-13(4-3-10-19-17)12-20-16(21)9-11-23-15-7-5-14(18)6-8-15/h3-8,10H,2,9,11-12H2,1H3,(H,20,21). The summed E-state index contributed by atoms with van der Waals surface area (Å²) in [5.74, 6) is 1.31. The number of benzene rings is 1. The van der Waals surface area contributed by atoms with Crippen molar-refractivity contribution in [3.63, 3.8) is 0 Å². The largest absolute Gasteiger partial charge is 0.478 e. The van der Waals surface area contributed by atoms with Gasteiger partial charge in [-0.2, -0.15) is 0 Å². The molecule has 0 atom stereocenters. The van der Waals surface area contributed by atoms with Crippen molar-refractivity contribution in [2.45, 2.75) is 24.8 Å². The Bertz CT molecular complexity index is 635. The van der Waals surface area contributed by atoms with Crippen molar-refractivity contribution in [2.24, 2.45) is 0 Å². The van der Waals surface area contributed by atoms with Crippen LogP contribution in [0.3, 0.4) is 0 Å². The van der Waals surface area contributed by atoms with Crippen LogP contribution >= 0.6 is 23.4 Å². The van der Waals surface area contributed by atoms with E-state index in [4.69, 9.17) is 16.3 Å². The number of thioether (sulfide) groups is 1. The van der Waals surface area contributed by atoms with E-state index in [1.54, 1.807) is 18.0 Å². The summed E-state index contributed by atoms with van der Waals surface area (Å²) in [5.41, 5.74) is 0.882. The Labute approximate surface area is 145 Å². The summed E-state index contributed by atoms with van der Waals surface area (Å²) in [5, 5.41) is 3.62. The Morgan fingerprint density at radius 2 is 2.09 bits per heavy atom. The molecule has 2 rings (SSSR count). The Hall–Kier alpha value is -1.72. The fourth-order valence-electron chi connectivity index (χ4n) is 1.90. The summed E-state index contributed by atoms with van der Waals surface area (Å²) in [6, 6.07) is 11.3. The number of hydrogen-bond acceptors (Lipinski definition) is 4.